The quantitative estimate of drug-likeness (QED) is 0.656. The van der Waals surface area contributed by atoms with Crippen molar-refractivity contribution in [3.05, 3.63) is 52.0 Å². The number of amides is 2. The Kier molecular flexibility index (Phi) is 7.47. The Hall–Kier alpha value is -2.28. The number of benzene rings is 2. The second kappa shape index (κ2) is 9.60. The zero-order valence-corrected chi connectivity index (χ0v) is 16.9. The molecule has 0 aliphatic heterocycles. The van der Waals surface area contributed by atoms with Gasteiger partial charge in [0, 0.05) is 15.7 Å². The molecule has 0 aliphatic rings. The number of methoxy groups -OCH3 is 1. The molecule has 2 rings (SSSR count). The molecule has 0 aromatic heterocycles. The van der Waals surface area contributed by atoms with Gasteiger partial charge in [-0.1, -0.05) is 23.2 Å². The standard InChI is InChI=1S/C19H21Cl2N3O3/c1-12-8-13(20)4-6-15(12)22-18(25)10-24(2)11-19(26)23-16-9-14(21)5-7-17(16)27-3/h4-9H,10-11H2,1-3H3,(H,22,25)(H,23,26)/p+1. The molecule has 2 amide bonds. The molecule has 0 radical (unpaired) electrons. The number of nitrogens with one attached hydrogen (secondary N) is 3. The second-order valence-corrected chi connectivity index (χ2v) is 7.08. The van der Waals surface area contributed by atoms with Crippen LogP contribution in [0.25, 0.3) is 0 Å². The van der Waals surface area contributed by atoms with Crippen molar-refractivity contribution in [3.63, 3.8) is 0 Å². The molecule has 27 heavy (non-hydrogen) atoms. The molecule has 3 N–H and O–H groups in total. The summed E-state index contributed by atoms with van der Waals surface area (Å²) in [7, 11) is 3.28. The average molecular weight is 411 g/mol. The highest BCUT2D eigenvalue weighted by molar-refractivity contribution is 6.31. The van der Waals surface area contributed by atoms with Gasteiger partial charge in [-0.3, -0.25) is 9.59 Å². The van der Waals surface area contributed by atoms with Crippen LogP contribution in [-0.4, -0.2) is 39.1 Å². The average Bonchev–Trinajstić information content (AvgIpc) is 2.57. The molecule has 0 heterocycles. The SMILES string of the molecule is COc1ccc(Cl)cc1NC(=O)C[NH+](C)CC(=O)Nc1ccc(Cl)cc1C. The van der Waals surface area contributed by atoms with E-state index in [1.807, 2.05) is 6.92 Å². The fourth-order valence-corrected chi connectivity index (χ4v) is 2.94. The van der Waals surface area contributed by atoms with Crippen molar-refractivity contribution in [2.24, 2.45) is 0 Å². The molecule has 1 atom stereocenters. The molecule has 144 valence electrons. The summed E-state index contributed by atoms with van der Waals surface area (Å²) in [6, 6.07) is 10.2. The molecule has 0 fully saturated rings. The first kappa shape index (κ1) is 21.0. The van der Waals surface area contributed by atoms with Crippen LogP contribution in [0.2, 0.25) is 10.0 Å². The van der Waals surface area contributed by atoms with Crippen molar-refractivity contribution in [2.75, 3.05) is 37.9 Å². The molecule has 6 nitrogen and oxygen atoms in total. The van der Waals surface area contributed by atoms with Gasteiger partial charge in [0.1, 0.15) is 5.75 Å². The van der Waals surface area contributed by atoms with Crippen LogP contribution in [0.3, 0.4) is 0 Å². The first-order chi connectivity index (χ1) is 12.8. The van der Waals surface area contributed by atoms with Crippen molar-refractivity contribution >= 4 is 46.4 Å². The third-order valence-electron chi connectivity index (χ3n) is 3.82. The lowest BCUT2D eigenvalue weighted by Crippen LogP contribution is -3.11. The highest BCUT2D eigenvalue weighted by Crippen LogP contribution is 2.27. The van der Waals surface area contributed by atoms with Gasteiger partial charge in [0.05, 0.1) is 19.8 Å². The van der Waals surface area contributed by atoms with Crippen LogP contribution in [0.1, 0.15) is 5.56 Å². The third kappa shape index (κ3) is 6.43. The van der Waals surface area contributed by atoms with E-state index in [1.54, 1.807) is 43.4 Å². The minimum Gasteiger partial charge on any atom is -0.495 e. The number of carbonyl (C=O) groups is 2. The van der Waals surface area contributed by atoms with Gasteiger partial charge in [0.25, 0.3) is 11.8 Å². The molecular formula is C19H22Cl2N3O3+. The largest absolute Gasteiger partial charge is 0.495 e. The number of carbonyl (C=O) groups excluding carboxylic acids is 2. The lowest BCUT2D eigenvalue weighted by molar-refractivity contribution is -0.862. The van der Waals surface area contributed by atoms with E-state index >= 15 is 0 Å². The summed E-state index contributed by atoms with van der Waals surface area (Å²) in [5, 5.41) is 6.69. The van der Waals surface area contributed by atoms with Gasteiger partial charge in [-0.2, -0.15) is 0 Å². The van der Waals surface area contributed by atoms with Gasteiger partial charge < -0.3 is 20.3 Å². The van der Waals surface area contributed by atoms with Crippen molar-refractivity contribution in [1.82, 2.24) is 0 Å². The van der Waals surface area contributed by atoms with E-state index in [9.17, 15) is 9.59 Å². The number of quaternary nitrogens is 1. The van der Waals surface area contributed by atoms with E-state index in [0.717, 1.165) is 10.5 Å². The lowest BCUT2D eigenvalue weighted by Gasteiger charge is -2.15. The van der Waals surface area contributed by atoms with Crippen molar-refractivity contribution in [2.45, 2.75) is 6.92 Å². The van der Waals surface area contributed by atoms with Crippen molar-refractivity contribution < 1.29 is 19.2 Å². The van der Waals surface area contributed by atoms with Gasteiger partial charge >= 0.3 is 0 Å². The number of ether oxygens (including phenoxy) is 1. The van der Waals surface area contributed by atoms with Gasteiger partial charge in [-0.05, 0) is 48.9 Å². The normalized spacial score (nSPS) is 11.6. The summed E-state index contributed by atoms with van der Waals surface area (Å²) in [5.74, 6) is 0.0796. The highest BCUT2D eigenvalue weighted by atomic mass is 35.5. The summed E-state index contributed by atoms with van der Waals surface area (Å²) < 4.78 is 5.20. The Morgan fingerprint density at radius 3 is 2.11 bits per heavy atom. The lowest BCUT2D eigenvalue weighted by atomic mass is 10.2. The van der Waals surface area contributed by atoms with Gasteiger partial charge in [-0.15, -0.1) is 0 Å². The van der Waals surface area contributed by atoms with Crippen LogP contribution < -0.4 is 20.3 Å². The molecule has 0 spiro atoms. The number of halogens is 2. The van der Waals surface area contributed by atoms with Crippen molar-refractivity contribution in [1.29, 1.82) is 0 Å². The van der Waals surface area contributed by atoms with Gasteiger partial charge in [0.2, 0.25) is 0 Å². The first-order valence-corrected chi connectivity index (χ1v) is 9.04. The Morgan fingerprint density at radius 2 is 1.52 bits per heavy atom. The minimum absolute atomic E-state index is 0.114. The first-order valence-electron chi connectivity index (χ1n) is 8.29. The van der Waals surface area contributed by atoms with E-state index in [0.29, 0.717) is 27.2 Å². The smallest absolute Gasteiger partial charge is 0.279 e. The maximum Gasteiger partial charge on any atom is 0.279 e. The van der Waals surface area contributed by atoms with E-state index in [4.69, 9.17) is 27.9 Å². The number of rotatable bonds is 7. The molecule has 0 saturated heterocycles. The Balaban J connectivity index is 1.89. The topological polar surface area (TPSA) is 71.9 Å². The van der Waals surface area contributed by atoms with Crippen LogP contribution >= 0.6 is 23.2 Å². The molecule has 0 bridgehead atoms. The summed E-state index contributed by atoms with van der Waals surface area (Å²) in [6.45, 7) is 2.12. The zero-order chi connectivity index (χ0) is 20.0. The predicted octanol–water partition coefficient (Wildman–Crippen LogP) is 2.40. The summed E-state index contributed by atoms with van der Waals surface area (Å²) >= 11 is 11.9. The predicted molar refractivity (Wildman–Crippen MR) is 108 cm³/mol. The van der Waals surface area contributed by atoms with E-state index in [1.165, 1.54) is 7.11 Å². The van der Waals surface area contributed by atoms with Crippen LogP contribution in [0.5, 0.6) is 5.75 Å². The van der Waals surface area contributed by atoms with Crippen LogP contribution in [-0.2, 0) is 9.59 Å². The van der Waals surface area contributed by atoms with Gasteiger partial charge in [-0.25, -0.2) is 0 Å². The Labute approximate surface area is 168 Å². The molecule has 8 heteroatoms. The Bertz CT molecular complexity index is 843. The second-order valence-electron chi connectivity index (χ2n) is 6.21. The fourth-order valence-electron chi connectivity index (χ4n) is 2.54. The fraction of sp³-hybridized carbons (Fsp3) is 0.263. The van der Waals surface area contributed by atoms with Crippen molar-refractivity contribution in [3.8, 4) is 5.75 Å². The molecule has 2 aromatic rings. The molecule has 0 saturated carbocycles. The molecule has 2 aromatic carbocycles. The molecular weight excluding hydrogens is 389 g/mol. The van der Waals surface area contributed by atoms with Crippen LogP contribution in [0.4, 0.5) is 11.4 Å². The van der Waals surface area contributed by atoms with Crippen LogP contribution in [0.15, 0.2) is 36.4 Å². The number of anilines is 2. The maximum atomic E-state index is 12.3. The number of likely N-dealkylation sites (N-methyl/N-ethyl adjacent to an activating group) is 1. The number of aryl methyl sites for hydroxylation is 1. The minimum atomic E-state index is -0.247. The Morgan fingerprint density at radius 1 is 0.963 bits per heavy atom. The summed E-state index contributed by atoms with van der Waals surface area (Å²) in [5.41, 5.74) is 2.06. The van der Waals surface area contributed by atoms with Gasteiger partial charge in [0.15, 0.2) is 13.1 Å². The molecule has 1 unspecified atom stereocenters. The summed E-state index contributed by atoms with van der Waals surface area (Å²) in [6.07, 6.45) is 0. The number of hydrogen-bond donors (Lipinski definition) is 3. The summed E-state index contributed by atoms with van der Waals surface area (Å²) in [4.78, 5) is 25.2. The highest BCUT2D eigenvalue weighted by Gasteiger charge is 2.16. The monoisotopic (exact) mass is 410 g/mol. The molecule has 0 aliphatic carbocycles. The zero-order valence-electron chi connectivity index (χ0n) is 15.4. The number of hydrogen-bond acceptors (Lipinski definition) is 3. The third-order valence-corrected chi connectivity index (χ3v) is 4.29. The van der Waals surface area contributed by atoms with E-state index < -0.39 is 0 Å². The maximum absolute atomic E-state index is 12.3. The van der Waals surface area contributed by atoms with E-state index in [-0.39, 0.29) is 24.9 Å². The van der Waals surface area contributed by atoms with E-state index in [2.05, 4.69) is 10.6 Å². The van der Waals surface area contributed by atoms with Crippen LogP contribution in [0, 0.1) is 6.92 Å².